The Morgan fingerprint density at radius 1 is 1.02 bits per heavy atom. The number of alkyl carbamates (subject to hydrolysis) is 1. The zero-order valence-corrected chi connectivity index (χ0v) is 37.4. The Hall–Kier alpha value is -4.95. The Balaban J connectivity index is 1.49. The van der Waals surface area contributed by atoms with Crippen LogP contribution in [-0.2, 0) is 49.4 Å². The van der Waals surface area contributed by atoms with Crippen molar-refractivity contribution in [1.29, 1.82) is 0 Å². The van der Waals surface area contributed by atoms with E-state index in [4.69, 9.17) is 33.2 Å². The highest BCUT2D eigenvalue weighted by Gasteiger charge is 2.78. The van der Waals surface area contributed by atoms with Gasteiger partial charge in [-0.2, -0.15) is 0 Å². The van der Waals surface area contributed by atoms with Gasteiger partial charge in [0.1, 0.15) is 41.4 Å². The molecule has 0 aromatic heterocycles. The number of esters is 3. The highest BCUT2D eigenvalue weighted by atomic mass is 16.7. The summed E-state index contributed by atoms with van der Waals surface area (Å²) in [6, 6.07) is 10.4. The van der Waals surface area contributed by atoms with Crippen LogP contribution >= 0.6 is 0 Å². The van der Waals surface area contributed by atoms with Crippen molar-refractivity contribution < 1.29 is 82.7 Å². The number of benzene rings is 2. The summed E-state index contributed by atoms with van der Waals surface area (Å²) in [6.07, 6.45) is -12.1. The Morgan fingerprint density at radius 2 is 1.70 bits per heavy atom. The van der Waals surface area contributed by atoms with E-state index in [0.29, 0.717) is 5.56 Å². The maximum atomic E-state index is 15.1. The van der Waals surface area contributed by atoms with Crippen LogP contribution in [-0.4, -0.2) is 129 Å². The van der Waals surface area contributed by atoms with Crippen LogP contribution in [0.4, 0.5) is 4.79 Å². The van der Waals surface area contributed by atoms with Crippen LogP contribution in [0.25, 0.3) is 0 Å². The molecule has 1 heterocycles. The first kappa shape index (κ1) is 48.5. The number of Topliss-reactive ketones (excluding diaryl/α,β-unsaturated/α-hetero) is 1. The smallest absolute Gasteiger partial charge is 0.408 e. The van der Waals surface area contributed by atoms with E-state index < -0.39 is 119 Å². The van der Waals surface area contributed by atoms with Crippen LogP contribution in [0.15, 0.2) is 59.7 Å². The molecule has 6 N–H and O–H groups in total. The molecule has 0 radical (unpaired) electrons. The molecule has 18 heteroatoms. The molecule has 1 amide bonds. The minimum absolute atomic E-state index is 0.0629. The molecule has 3 aliphatic carbocycles. The first-order valence-corrected chi connectivity index (χ1v) is 21.0. The average Bonchev–Trinajstić information content (AvgIpc) is 3.22. The summed E-state index contributed by atoms with van der Waals surface area (Å²) in [5.74, 6) is -5.48. The van der Waals surface area contributed by atoms with Crippen LogP contribution in [0.1, 0.15) is 95.8 Å². The number of hydrogen-bond donors (Lipinski definition) is 6. The predicted octanol–water partition coefficient (Wildman–Crippen LogP) is 2.73. The predicted molar refractivity (Wildman–Crippen MR) is 222 cm³/mol. The molecule has 6 rings (SSSR count). The molecule has 350 valence electrons. The lowest BCUT2D eigenvalue weighted by atomic mass is 9.44. The summed E-state index contributed by atoms with van der Waals surface area (Å²) in [4.78, 5) is 69.9. The molecule has 1 aliphatic heterocycles. The average molecular weight is 898 g/mol. The van der Waals surface area contributed by atoms with Crippen LogP contribution in [0.3, 0.4) is 0 Å². The second-order valence-electron chi connectivity index (χ2n) is 18.8. The number of carbonyl (C=O) groups is 5. The molecule has 64 heavy (non-hydrogen) atoms. The quantitative estimate of drug-likeness (QED) is 0.0774. The fraction of sp³-hybridized carbons (Fsp3) is 0.587. The lowest BCUT2D eigenvalue weighted by Crippen LogP contribution is -2.81. The normalized spacial score (nSPS) is 31.6. The van der Waals surface area contributed by atoms with Crippen molar-refractivity contribution in [2.45, 2.75) is 134 Å². The number of ether oxygens (including phenoxy) is 7. The van der Waals surface area contributed by atoms with E-state index in [1.54, 1.807) is 39.0 Å². The topological polar surface area (TPSA) is 263 Å². The van der Waals surface area contributed by atoms with Gasteiger partial charge in [-0.15, -0.1) is 0 Å². The molecular formula is C46H59NO17. The van der Waals surface area contributed by atoms with Gasteiger partial charge in [-0.1, -0.05) is 44.2 Å². The Morgan fingerprint density at radius 3 is 2.31 bits per heavy atom. The minimum Gasteiger partial charge on any atom is -0.468 e. The molecule has 18 nitrogen and oxygen atoms in total. The molecular weight excluding hydrogens is 838 g/mol. The lowest BCUT2D eigenvalue weighted by Gasteiger charge is -2.67. The third-order valence-electron chi connectivity index (χ3n) is 13.3. The maximum absolute atomic E-state index is 15.1. The first-order chi connectivity index (χ1) is 29.9. The van der Waals surface area contributed by atoms with Crippen molar-refractivity contribution in [1.82, 2.24) is 5.32 Å². The summed E-state index contributed by atoms with van der Waals surface area (Å²) in [5.41, 5.74) is -8.50. The van der Waals surface area contributed by atoms with Crippen molar-refractivity contribution in [2.75, 3.05) is 20.5 Å². The number of aliphatic hydroxyl groups is 5. The van der Waals surface area contributed by atoms with Gasteiger partial charge in [0.2, 0.25) is 0 Å². The van der Waals surface area contributed by atoms with Gasteiger partial charge in [-0.25, -0.2) is 14.4 Å². The number of rotatable bonds is 12. The summed E-state index contributed by atoms with van der Waals surface area (Å²) in [6.45, 7) is 11.0. The van der Waals surface area contributed by atoms with E-state index in [2.05, 4.69) is 5.32 Å². The second kappa shape index (κ2) is 17.8. The van der Waals surface area contributed by atoms with E-state index in [1.165, 1.54) is 65.1 Å². The minimum atomic E-state index is -2.45. The van der Waals surface area contributed by atoms with Crippen LogP contribution in [0, 0.1) is 16.7 Å². The van der Waals surface area contributed by atoms with Gasteiger partial charge in [0.25, 0.3) is 0 Å². The molecule has 2 saturated carbocycles. The standard InChI is InChI=1S/C46H59NO17/c1-23-29(61-40(55)35(52)33(47-41(56)64-42(3,4)5)26-13-10-12-25(16-26)20-48)19-46(57)38(62-39(54)27-14-11-15-28(17-27)60-22-58-9)36-44(8,37(53)34(51)32(23)43(46,6)7)30(50)18-31-45(36,21-59-31)63-24(2)49/h10-17,29-31,33-36,38,48,50-52,57H,18-22H2,1-9H3,(H,47,56)/t29-,30-,31+,33-,34+,35+,36-,38-,44+,45-,46+/m0/s1. The molecule has 2 aromatic carbocycles. The first-order valence-electron chi connectivity index (χ1n) is 21.0. The summed E-state index contributed by atoms with van der Waals surface area (Å²) in [5, 5.41) is 61.9. The fourth-order valence-corrected chi connectivity index (χ4v) is 10.0. The van der Waals surface area contributed by atoms with Crippen molar-refractivity contribution >= 4 is 29.8 Å². The third-order valence-corrected chi connectivity index (χ3v) is 13.3. The highest BCUT2D eigenvalue weighted by Crippen LogP contribution is 2.64. The number of methoxy groups -OCH3 is 1. The Bertz CT molecular complexity index is 2180. The Kier molecular flexibility index (Phi) is 13.5. The highest BCUT2D eigenvalue weighted by molar-refractivity contribution is 5.94. The number of hydrogen-bond acceptors (Lipinski definition) is 17. The molecule has 0 spiro atoms. The monoisotopic (exact) mass is 897 g/mol. The molecule has 0 unspecified atom stereocenters. The zero-order chi connectivity index (χ0) is 47.3. The van der Waals surface area contributed by atoms with E-state index in [0.717, 1.165) is 6.92 Å². The second-order valence-corrected chi connectivity index (χ2v) is 18.8. The van der Waals surface area contributed by atoms with Crippen LogP contribution in [0.5, 0.6) is 5.75 Å². The van der Waals surface area contributed by atoms with Gasteiger partial charge in [0.05, 0.1) is 42.3 Å². The summed E-state index contributed by atoms with van der Waals surface area (Å²) >= 11 is 0. The number of amides is 1. The molecule has 2 aromatic rings. The summed E-state index contributed by atoms with van der Waals surface area (Å²) in [7, 11) is 1.41. The van der Waals surface area contributed by atoms with Crippen molar-refractivity contribution in [3.05, 3.63) is 76.4 Å². The molecule has 3 fully saturated rings. The van der Waals surface area contributed by atoms with Crippen LogP contribution in [0.2, 0.25) is 0 Å². The van der Waals surface area contributed by atoms with E-state index in [-0.39, 0.29) is 47.8 Å². The van der Waals surface area contributed by atoms with Crippen LogP contribution < -0.4 is 10.1 Å². The third kappa shape index (κ3) is 8.52. The SMILES string of the molecule is COCOc1cccc(C(=O)O[C@H]2[C@@H]3[C@]4(OC(C)=O)CO[C@@H]4C[C@H](O)[C@@]3(C)C(=O)[C@H](O)C3=C(C)[C@@H](OC(=O)[C@H](O)[C@@H](NC(=O)OC(C)(C)C)c4cccc(CO)c4)C[C@]2(O)C3(C)C)c1. The van der Waals surface area contributed by atoms with Gasteiger partial charge in [-0.3, -0.25) is 9.59 Å². The Labute approximate surface area is 370 Å². The molecule has 2 bridgehead atoms. The number of nitrogens with one attached hydrogen (secondary N) is 1. The van der Waals surface area contributed by atoms with E-state index in [1.807, 2.05) is 0 Å². The van der Waals surface area contributed by atoms with Gasteiger partial charge in [-0.05, 0) is 75.1 Å². The van der Waals surface area contributed by atoms with Gasteiger partial charge >= 0.3 is 24.0 Å². The lowest BCUT2D eigenvalue weighted by molar-refractivity contribution is -0.346. The molecule has 11 atom stereocenters. The largest absolute Gasteiger partial charge is 0.468 e. The van der Waals surface area contributed by atoms with Gasteiger partial charge in [0, 0.05) is 32.3 Å². The van der Waals surface area contributed by atoms with E-state index >= 15 is 4.79 Å². The number of fused-ring (bicyclic) bond motifs is 5. The fourth-order valence-electron chi connectivity index (χ4n) is 10.0. The van der Waals surface area contributed by atoms with Gasteiger partial charge in [0.15, 0.2) is 24.3 Å². The number of carbonyl (C=O) groups excluding carboxylic acids is 5. The van der Waals surface area contributed by atoms with Crippen molar-refractivity contribution in [3.8, 4) is 5.75 Å². The maximum Gasteiger partial charge on any atom is 0.408 e. The van der Waals surface area contributed by atoms with Crippen molar-refractivity contribution in [2.24, 2.45) is 16.7 Å². The summed E-state index contributed by atoms with van der Waals surface area (Å²) < 4.78 is 40.2. The zero-order valence-electron chi connectivity index (χ0n) is 37.4. The number of aliphatic hydroxyl groups excluding tert-OH is 4. The van der Waals surface area contributed by atoms with E-state index in [9.17, 15) is 44.7 Å². The molecule has 1 saturated heterocycles. The molecule has 4 aliphatic rings. The van der Waals surface area contributed by atoms with Crippen molar-refractivity contribution in [3.63, 3.8) is 0 Å². The number of ketones is 1. The van der Waals surface area contributed by atoms with Gasteiger partial charge < -0.3 is 64.0 Å².